The number of halogens is 1. The molecule has 1 aromatic carbocycles. The van der Waals surface area contributed by atoms with Crippen LogP contribution in [-0.2, 0) is 11.3 Å². The number of rotatable bonds is 4. The lowest BCUT2D eigenvalue weighted by atomic mass is 10.2. The predicted molar refractivity (Wildman–Crippen MR) is 127 cm³/mol. The third kappa shape index (κ3) is 4.16. The number of nitrogens with zero attached hydrogens (tertiary/aromatic N) is 4. The molecule has 9 heteroatoms. The lowest BCUT2D eigenvalue weighted by molar-refractivity contribution is -0.127. The van der Waals surface area contributed by atoms with Crippen LogP contribution in [-0.4, -0.2) is 51.3 Å². The molecule has 4 heterocycles. The first-order valence-electron chi connectivity index (χ1n) is 9.90. The fourth-order valence-corrected chi connectivity index (χ4v) is 5.85. The fourth-order valence-electron chi connectivity index (χ4n) is 3.72. The van der Waals surface area contributed by atoms with Crippen LogP contribution in [0.1, 0.15) is 10.6 Å². The first-order valence-corrected chi connectivity index (χ1v) is 12.0. The van der Waals surface area contributed by atoms with Crippen molar-refractivity contribution in [3.05, 3.63) is 73.9 Å². The number of hydrogen-bond donors (Lipinski definition) is 0. The van der Waals surface area contributed by atoms with E-state index in [9.17, 15) is 9.59 Å². The average molecular weight is 471 g/mol. The Hall–Kier alpha value is -2.52. The Kier molecular flexibility index (Phi) is 5.62. The van der Waals surface area contributed by atoms with Gasteiger partial charge in [-0.3, -0.25) is 18.9 Å². The zero-order valence-electron chi connectivity index (χ0n) is 16.5. The van der Waals surface area contributed by atoms with Gasteiger partial charge in [0, 0.05) is 71.4 Å². The van der Waals surface area contributed by atoms with Gasteiger partial charge in [0.15, 0.2) is 4.96 Å². The largest absolute Gasteiger partial charge is 0.337 e. The quantitative estimate of drug-likeness (QED) is 0.423. The maximum atomic E-state index is 12.7. The monoisotopic (exact) mass is 470 g/mol. The molecule has 1 amide bonds. The molecule has 31 heavy (non-hydrogen) atoms. The highest BCUT2D eigenvalue weighted by atomic mass is 35.5. The lowest BCUT2D eigenvalue weighted by Crippen LogP contribution is -2.48. The molecule has 0 N–H and O–H groups in total. The van der Waals surface area contributed by atoms with Crippen molar-refractivity contribution in [1.82, 2.24) is 19.2 Å². The molecule has 6 nitrogen and oxygen atoms in total. The van der Waals surface area contributed by atoms with Crippen molar-refractivity contribution in [1.29, 1.82) is 0 Å². The predicted octanol–water partition coefficient (Wildman–Crippen LogP) is 3.98. The summed E-state index contributed by atoms with van der Waals surface area (Å²) in [4.78, 5) is 35.1. The number of fused-ring (bicyclic) bond motifs is 2. The zero-order chi connectivity index (χ0) is 21.4. The smallest absolute Gasteiger partial charge is 0.258 e. The highest BCUT2D eigenvalue weighted by Gasteiger charge is 2.20. The molecule has 1 aliphatic rings. The van der Waals surface area contributed by atoms with E-state index < -0.39 is 0 Å². The molecule has 0 unspecified atom stereocenters. The SMILES string of the molecule is O=C(/C=C/c1sc2ccccc2c1Cl)N1CCN(Cc2cc(=O)n3ccsc3n2)CC1. The number of amides is 1. The normalized spacial score (nSPS) is 15.5. The number of carbonyl (C=O) groups excluding carboxylic acids is 1. The van der Waals surface area contributed by atoms with Crippen LogP contribution in [0.15, 0.2) is 52.8 Å². The van der Waals surface area contributed by atoms with Gasteiger partial charge in [-0.05, 0) is 12.1 Å². The minimum atomic E-state index is -0.0555. The van der Waals surface area contributed by atoms with Gasteiger partial charge in [-0.15, -0.1) is 22.7 Å². The minimum absolute atomic E-state index is 0.00968. The van der Waals surface area contributed by atoms with E-state index in [-0.39, 0.29) is 11.5 Å². The van der Waals surface area contributed by atoms with Gasteiger partial charge in [0.05, 0.1) is 10.7 Å². The number of carbonyl (C=O) groups is 1. The van der Waals surface area contributed by atoms with E-state index in [1.807, 2.05) is 40.6 Å². The van der Waals surface area contributed by atoms with Gasteiger partial charge < -0.3 is 4.90 Å². The summed E-state index contributed by atoms with van der Waals surface area (Å²) in [7, 11) is 0. The summed E-state index contributed by atoms with van der Waals surface area (Å²) in [6, 6.07) is 9.56. The Morgan fingerprint density at radius 3 is 2.81 bits per heavy atom. The molecule has 0 spiro atoms. The van der Waals surface area contributed by atoms with Crippen molar-refractivity contribution < 1.29 is 4.79 Å². The van der Waals surface area contributed by atoms with Gasteiger partial charge >= 0.3 is 0 Å². The van der Waals surface area contributed by atoms with E-state index in [0.29, 0.717) is 29.6 Å². The summed E-state index contributed by atoms with van der Waals surface area (Å²) < 4.78 is 2.67. The molecule has 158 valence electrons. The van der Waals surface area contributed by atoms with E-state index in [1.54, 1.807) is 34.1 Å². The second kappa shape index (κ2) is 8.55. The van der Waals surface area contributed by atoms with Gasteiger partial charge in [-0.25, -0.2) is 4.98 Å². The van der Waals surface area contributed by atoms with Crippen LogP contribution in [0.25, 0.3) is 21.1 Å². The van der Waals surface area contributed by atoms with E-state index in [1.165, 1.54) is 11.3 Å². The number of hydrogen-bond acceptors (Lipinski definition) is 6. The lowest BCUT2D eigenvalue weighted by Gasteiger charge is -2.34. The molecule has 0 radical (unpaired) electrons. The summed E-state index contributed by atoms with van der Waals surface area (Å²) in [6.45, 7) is 3.38. The van der Waals surface area contributed by atoms with Crippen LogP contribution in [0.3, 0.4) is 0 Å². The Morgan fingerprint density at radius 1 is 1.19 bits per heavy atom. The maximum absolute atomic E-state index is 12.7. The van der Waals surface area contributed by atoms with Crippen LogP contribution in [0.4, 0.5) is 0 Å². The van der Waals surface area contributed by atoms with E-state index in [4.69, 9.17) is 11.6 Å². The molecule has 5 rings (SSSR count). The van der Waals surface area contributed by atoms with Gasteiger partial charge in [-0.2, -0.15) is 0 Å². The minimum Gasteiger partial charge on any atom is -0.337 e. The van der Waals surface area contributed by atoms with Gasteiger partial charge in [0.1, 0.15) is 0 Å². The van der Waals surface area contributed by atoms with Crippen molar-refractivity contribution in [3.63, 3.8) is 0 Å². The van der Waals surface area contributed by atoms with Crippen molar-refractivity contribution in [3.8, 4) is 0 Å². The van der Waals surface area contributed by atoms with Gasteiger partial charge in [0.2, 0.25) is 5.91 Å². The molecular weight excluding hydrogens is 452 g/mol. The highest BCUT2D eigenvalue weighted by molar-refractivity contribution is 7.20. The molecule has 4 aromatic rings. The molecule has 0 bridgehead atoms. The van der Waals surface area contributed by atoms with Crippen molar-refractivity contribution >= 4 is 61.3 Å². The Bertz CT molecular complexity index is 1350. The molecule has 1 aliphatic heterocycles. The third-order valence-corrected chi connectivity index (χ3v) is 7.77. The summed E-state index contributed by atoms with van der Waals surface area (Å²) in [5.41, 5.74) is 0.714. The van der Waals surface area contributed by atoms with Crippen molar-refractivity contribution in [2.75, 3.05) is 26.2 Å². The van der Waals surface area contributed by atoms with Gasteiger partial charge in [0.25, 0.3) is 5.56 Å². The third-order valence-electron chi connectivity index (χ3n) is 5.36. The number of thiazole rings is 1. The first kappa shape index (κ1) is 20.4. The number of thiophene rings is 1. The standard InChI is InChI=1S/C22H19ClN4O2S2/c23-21-16-3-1-2-4-17(16)31-18(21)5-6-19(28)26-9-7-25(8-10-26)14-15-13-20(29)27-11-12-30-22(27)24-15/h1-6,11-13H,7-10,14H2/b6-5+. The second-order valence-corrected chi connectivity index (χ2v) is 9.69. The molecule has 1 saturated heterocycles. The van der Waals surface area contributed by atoms with Crippen LogP contribution in [0.2, 0.25) is 5.02 Å². The summed E-state index contributed by atoms with van der Waals surface area (Å²) >= 11 is 9.50. The van der Waals surface area contributed by atoms with Gasteiger partial charge in [-0.1, -0.05) is 29.8 Å². The Morgan fingerprint density at radius 2 is 2.00 bits per heavy atom. The average Bonchev–Trinajstić information content (AvgIpc) is 3.38. The Balaban J connectivity index is 1.20. The molecular formula is C22H19ClN4O2S2. The number of benzene rings is 1. The molecule has 3 aromatic heterocycles. The molecule has 0 saturated carbocycles. The summed E-state index contributed by atoms with van der Waals surface area (Å²) in [5, 5.41) is 3.57. The number of aromatic nitrogens is 2. The topological polar surface area (TPSA) is 57.9 Å². The van der Waals surface area contributed by atoms with E-state index in [2.05, 4.69) is 9.88 Å². The number of piperazine rings is 1. The maximum Gasteiger partial charge on any atom is 0.258 e. The Labute approximate surface area is 191 Å². The zero-order valence-corrected chi connectivity index (χ0v) is 18.9. The van der Waals surface area contributed by atoms with Crippen LogP contribution in [0, 0.1) is 0 Å². The molecule has 0 atom stereocenters. The second-order valence-electron chi connectivity index (χ2n) is 7.35. The van der Waals surface area contributed by atoms with Crippen LogP contribution >= 0.6 is 34.3 Å². The first-order chi connectivity index (χ1) is 15.1. The summed E-state index contributed by atoms with van der Waals surface area (Å²) in [5.74, 6) is -0.00968. The fraction of sp³-hybridized carbons (Fsp3) is 0.227. The molecule has 0 aliphatic carbocycles. The van der Waals surface area contributed by atoms with Crippen LogP contribution in [0.5, 0.6) is 0 Å². The highest BCUT2D eigenvalue weighted by Crippen LogP contribution is 2.35. The van der Waals surface area contributed by atoms with E-state index in [0.717, 1.165) is 33.7 Å². The molecule has 1 fully saturated rings. The summed E-state index contributed by atoms with van der Waals surface area (Å²) in [6.07, 6.45) is 5.16. The van der Waals surface area contributed by atoms with Crippen molar-refractivity contribution in [2.24, 2.45) is 0 Å². The van der Waals surface area contributed by atoms with Crippen LogP contribution < -0.4 is 5.56 Å². The van der Waals surface area contributed by atoms with E-state index >= 15 is 0 Å². The van der Waals surface area contributed by atoms with Crippen molar-refractivity contribution in [2.45, 2.75) is 6.54 Å².